The van der Waals surface area contributed by atoms with Gasteiger partial charge in [0, 0.05) is 19.3 Å². The van der Waals surface area contributed by atoms with Crippen LogP contribution in [0.3, 0.4) is 0 Å². The molecule has 6 nitrogen and oxygen atoms in total. The van der Waals surface area contributed by atoms with Crippen LogP contribution in [0.2, 0.25) is 0 Å². The average molecular weight is 990 g/mol. The van der Waals surface area contributed by atoms with Gasteiger partial charge in [0.1, 0.15) is 13.2 Å². The van der Waals surface area contributed by atoms with Crippen LogP contribution in [0.4, 0.5) is 0 Å². The Labute approximate surface area is 438 Å². The van der Waals surface area contributed by atoms with Crippen molar-refractivity contribution in [2.75, 3.05) is 13.2 Å². The van der Waals surface area contributed by atoms with Gasteiger partial charge in [-0.3, -0.25) is 14.4 Å². The van der Waals surface area contributed by atoms with E-state index in [1.165, 1.54) is 250 Å². The smallest absolute Gasteiger partial charge is 0.306 e. The normalized spacial score (nSPS) is 12.4. The molecule has 0 aromatic rings. The number of rotatable bonds is 58. The summed E-state index contributed by atoms with van der Waals surface area (Å²) in [6, 6.07) is 0. The molecule has 0 amide bonds. The van der Waals surface area contributed by atoms with E-state index in [0.717, 1.165) is 69.6 Å². The minimum Gasteiger partial charge on any atom is -0.462 e. The molecule has 0 aliphatic rings. The monoisotopic (exact) mass is 989 g/mol. The molecule has 0 spiro atoms. The maximum atomic E-state index is 12.9. The van der Waals surface area contributed by atoms with Gasteiger partial charge in [-0.05, 0) is 31.1 Å². The number of hydrogen-bond donors (Lipinski definition) is 0. The van der Waals surface area contributed by atoms with E-state index in [1.54, 1.807) is 0 Å². The van der Waals surface area contributed by atoms with Crippen LogP contribution in [0.5, 0.6) is 0 Å². The Hall–Kier alpha value is -1.59. The first-order chi connectivity index (χ1) is 34.3. The van der Waals surface area contributed by atoms with Crippen molar-refractivity contribution in [3.63, 3.8) is 0 Å². The SMILES string of the molecule is CCCCCCCCCCCCCCCCCCCCCC(=O)OC[C@H](COC(=O)CCCCCCCCCCCCCCC(C)C)OC(=O)CCCCCCCCCCCCCCCCC(C)CC. The highest BCUT2D eigenvalue weighted by molar-refractivity contribution is 5.71. The lowest BCUT2D eigenvalue weighted by atomic mass is 9.99. The van der Waals surface area contributed by atoms with Crippen LogP contribution in [0.1, 0.15) is 362 Å². The molecule has 0 bridgehead atoms. The summed E-state index contributed by atoms with van der Waals surface area (Å²) >= 11 is 0. The lowest BCUT2D eigenvalue weighted by Gasteiger charge is -2.18. The van der Waals surface area contributed by atoms with Crippen LogP contribution in [0.25, 0.3) is 0 Å². The molecular formula is C64H124O6. The lowest BCUT2D eigenvalue weighted by Crippen LogP contribution is -2.30. The average Bonchev–Trinajstić information content (AvgIpc) is 3.35. The van der Waals surface area contributed by atoms with E-state index in [2.05, 4.69) is 34.6 Å². The minimum absolute atomic E-state index is 0.0620. The standard InChI is InChI=1S/C64H124O6/c1-6-8-9-10-11-12-13-14-15-16-17-18-19-23-29-34-39-44-49-54-62(65)68-57-61(58-69-63(66)55-50-45-40-35-30-26-25-27-32-37-42-47-52-59(3)4)70-64(67)56-51-46-41-36-31-24-21-20-22-28-33-38-43-48-53-60(5)7-2/h59-61H,6-58H2,1-5H3/t60?,61-/m1/s1. The van der Waals surface area contributed by atoms with Gasteiger partial charge in [0.2, 0.25) is 0 Å². The summed E-state index contributed by atoms with van der Waals surface area (Å²) in [5, 5.41) is 0. The van der Waals surface area contributed by atoms with Gasteiger partial charge in [0.25, 0.3) is 0 Å². The van der Waals surface area contributed by atoms with Crippen molar-refractivity contribution in [2.45, 2.75) is 368 Å². The third-order valence-corrected chi connectivity index (χ3v) is 15.1. The van der Waals surface area contributed by atoms with Gasteiger partial charge in [-0.25, -0.2) is 0 Å². The number of carbonyl (C=O) groups excluding carboxylic acids is 3. The van der Waals surface area contributed by atoms with Crippen LogP contribution in [-0.4, -0.2) is 37.2 Å². The topological polar surface area (TPSA) is 78.9 Å². The summed E-state index contributed by atoms with van der Waals surface area (Å²) in [6.07, 6.45) is 62.4. The van der Waals surface area contributed by atoms with Gasteiger partial charge in [-0.1, -0.05) is 324 Å². The molecule has 0 fully saturated rings. The Kier molecular flexibility index (Phi) is 55.4. The highest BCUT2D eigenvalue weighted by Crippen LogP contribution is 2.19. The summed E-state index contributed by atoms with van der Waals surface area (Å²) in [7, 11) is 0. The van der Waals surface area contributed by atoms with Crippen molar-refractivity contribution in [1.82, 2.24) is 0 Å². The molecule has 0 heterocycles. The van der Waals surface area contributed by atoms with E-state index in [-0.39, 0.29) is 31.1 Å². The van der Waals surface area contributed by atoms with E-state index in [4.69, 9.17) is 14.2 Å². The quantitative estimate of drug-likeness (QED) is 0.0343. The molecule has 416 valence electrons. The molecule has 6 heteroatoms. The molecule has 0 saturated heterocycles. The summed E-state index contributed by atoms with van der Waals surface area (Å²) in [5.74, 6) is 0.895. The fraction of sp³-hybridized carbons (Fsp3) is 0.953. The number of esters is 3. The molecule has 0 radical (unpaired) electrons. The molecule has 70 heavy (non-hydrogen) atoms. The minimum atomic E-state index is -0.764. The predicted molar refractivity (Wildman–Crippen MR) is 303 cm³/mol. The summed E-state index contributed by atoms with van der Waals surface area (Å²) < 4.78 is 17.0. The first-order valence-electron chi connectivity index (χ1n) is 31.8. The van der Waals surface area contributed by atoms with Crippen molar-refractivity contribution < 1.29 is 28.6 Å². The van der Waals surface area contributed by atoms with Crippen LogP contribution in [0, 0.1) is 11.8 Å². The number of unbranched alkanes of at least 4 members (excludes halogenated alkanes) is 42. The number of ether oxygens (including phenoxy) is 3. The Balaban J connectivity index is 4.29. The zero-order valence-corrected chi connectivity index (χ0v) is 48.2. The number of carbonyl (C=O) groups is 3. The first kappa shape index (κ1) is 68.4. The van der Waals surface area contributed by atoms with E-state index in [1.807, 2.05) is 0 Å². The van der Waals surface area contributed by atoms with Crippen molar-refractivity contribution in [3.8, 4) is 0 Å². The number of hydrogen-bond acceptors (Lipinski definition) is 6. The summed E-state index contributed by atoms with van der Waals surface area (Å²) in [4.78, 5) is 38.3. The Morgan fingerprint density at radius 2 is 0.543 bits per heavy atom. The molecule has 1 unspecified atom stereocenters. The van der Waals surface area contributed by atoms with Gasteiger partial charge in [-0.15, -0.1) is 0 Å². The van der Waals surface area contributed by atoms with Gasteiger partial charge < -0.3 is 14.2 Å². The highest BCUT2D eigenvalue weighted by atomic mass is 16.6. The van der Waals surface area contributed by atoms with Crippen LogP contribution in [-0.2, 0) is 28.6 Å². The van der Waals surface area contributed by atoms with Crippen LogP contribution in [0.15, 0.2) is 0 Å². The molecule has 0 rings (SSSR count). The highest BCUT2D eigenvalue weighted by Gasteiger charge is 2.19. The second-order valence-electron chi connectivity index (χ2n) is 22.8. The van der Waals surface area contributed by atoms with E-state index in [9.17, 15) is 14.4 Å². The maximum absolute atomic E-state index is 12.9. The molecule has 0 N–H and O–H groups in total. The molecular weight excluding hydrogens is 865 g/mol. The van der Waals surface area contributed by atoms with Crippen LogP contribution >= 0.6 is 0 Å². The summed E-state index contributed by atoms with van der Waals surface area (Å²) in [5.41, 5.74) is 0. The fourth-order valence-electron chi connectivity index (χ4n) is 9.90. The Morgan fingerprint density at radius 3 is 0.814 bits per heavy atom. The molecule has 0 aliphatic heterocycles. The van der Waals surface area contributed by atoms with Crippen molar-refractivity contribution >= 4 is 17.9 Å². The van der Waals surface area contributed by atoms with E-state index in [0.29, 0.717) is 19.3 Å². The zero-order chi connectivity index (χ0) is 51.1. The Morgan fingerprint density at radius 1 is 0.300 bits per heavy atom. The fourth-order valence-corrected chi connectivity index (χ4v) is 9.90. The largest absolute Gasteiger partial charge is 0.462 e. The maximum Gasteiger partial charge on any atom is 0.306 e. The predicted octanol–water partition coefficient (Wildman–Crippen LogP) is 21.2. The summed E-state index contributed by atoms with van der Waals surface area (Å²) in [6.45, 7) is 11.5. The van der Waals surface area contributed by atoms with E-state index >= 15 is 0 Å². The van der Waals surface area contributed by atoms with Crippen LogP contribution < -0.4 is 0 Å². The van der Waals surface area contributed by atoms with Gasteiger partial charge in [0.15, 0.2) is 6.10 Å². The second kappa shape index (κ2) is 56.7. The van der Waals surface area contributed by atoms with Crippen molar-refractivity contribution in [1.29, 1.82) is 0 Å². The molecule has 0 aromatic carbocycles. The van der Waals surface area contributed by atoms with E-state index < -0.39 is 6.10 Å². The van der Waals surface area contributed by atoms with Crippen molar-refractivity contribution in [3.05, 3.63) is 0 Å². The third kappa shape index (κ3) is 55.7. The lowest BCUT2D eigenvalue weighted by molar-refractivity contribution is -0.167. The van der Waals surface area contributed by atoms with Gasteiger partial charge in [0.05, 0.1) is 0 Å². The third-order valence-electron chi connectivity index (χ3n) is 15.1. The molecule has 0 aromatic heterocycles. The Bertz CT molecular complexity index is 1070. The van der Waals surface area contributed by atoms with Crippen molar-refractivity contribution in [2.24, 2.45) is 11.8 Å². The first-order valence-corrected chi connectivity index (χ1v) is 31.8. The molecule has 2 atom stereocenters. The molecule has 0 saturated carbocycles. The second-order valence-corrected chi connectivity index (χ2v) is 22.8. The van der Waals surface area contributed by atoms with Gasteiger partial charge in [-0.2, -0.15) is 0 Å². The molecule has 0 aliphatic carbocycles. The zero-order valence-electron chi connectivity index (χ0n) is 48.2. The van der Waals surface area contributed by atoms with Gasteiger partial charge >= 0.3 is 17.9 Å².